The number of hydrogen-bond acceptors (Lipinski definition) is 4. The number of nitrogens with zero attached hydrogens (tertiary/aromatic N) is 1. The molecule has 1 aromatic carbocycles. The van der Waals surface area contributed by atoms with Crippen LogP contribution in [0.2, 0.25) is 0 Å². The van der Waals surface area contributed by atoms with Crippen molar-refractivity contribution in [3.63, 3.8) is 0 Å². The first-order valence-electron chi connectivity index (χ1n) is 8.94. The molecule has 0 aromatic heterocycles. The number of piperidine rings is 1. The lowest BCUT2D eigenvalue weighted by Crippen LogP contribution is -2.45. The summed E-state index contributed by atoms with van der Waals surface area (Å²) in [7, 11) is -3.90. The first kappa shape index (κ1) is 20.4. The van der Waals surface area contributed by atoms with Crippen molar-refractivity contribution in [1.82, 2.24) is 9.62 Å². The number of carbonyl (C=O) groups is 2. The second-order valence-electron chi connectivity index (χ2n) is 6.50. The summed E-state index contributed by atoms with van der Waals surface area (Å²) in [5, 5.41) is 12.2. The van der Waals surface area contributed by atoms with Gasteiger partial charge in [-0.05, 0) is 37.8 Å². The fraction of sp³-hybridized carbons (Fsp3) is 0.556. The highest BCUT2D eigenvalue weighted by atomic mass is 32.2. The Balaban J connectivity index is 2.08. The third kappa shape index (κ3) is 4.42. The zero-order chi connectivity index (χ0) is 19.3. The van der Waals surface area contributed by atoms with Gasteiger partial charge < -0.3 is 10.4 Å². The largest absolute Gasteiger partial charge is 0.478 e. The molecule has 1 fully saturated rings. The maximum atomic E-state index is 12.8. The minimum Gasteiger partial charge on any atom is -0.478 e. The average molecular weight is 382 g/mol. The van der Waals surface area contributed by atoms with Gasteiger partial charge in [-0.1, -0.05) is 26.0 Å². The molecule has 0 saturated carbocycles. The Morgan fingerprint density at radius 2 is 1.77 bits per heavy atom. The number of sulfonamides is 1. The van der Waals surface area contributed by atoms with Crippen LogP contribution in [0.15, 0.2) is 29.2 Å². The Morgan fingerprint density at radius 3 is 2.31 bits per heavy atom. The standard InChI is InChI=1S/C18H26N2O5S/c1-3-14(4-2)19-17(21)13-9-11-20(12-10-13)26(24,25)16-8-6-5-7-15(16)18(22)23/h5-8,13-14H,3-4,9-12H2,1-2H3,(H,19,21)(H,22,23). The van der Waals surface area contributed by atoms with E-state index in [0.717, 1.165) is 12.8 Å². The van der Waals surface area contributed by atoms with Crippen LogP contribution in [0.25, 0.3) is 0 Å². The number of hydrogen-bond donors (Lipinski definition) is 2. The molecule has 2 N–H and O–H groups in total. The lowest BCUT2D eigenvalue weighted by atomic mass is 9.96. The Bertz CT molecular complexity index is 751. The molecule has 8 heteroatoms. The summed E-state index contributed by atoms with van der Waals surface area (Å²) < 4.78 is 26.9. The monoisotopic (exact) mass is 382 g/mol. The molecule has 1 aliphatic heterocycles. The van der Waals surface area contributed by atoms with Crippen LogP contribution in [0.3, 0.4) is 0 Å². The van der Waals surface area contributed by atoms with Crippen LogP contribution in [0, 0.1) is 5.92 Å². The highest BCUT2D eigenvalue weighted by Crippen LogP contribution is 2.26. The van der Waals surface area contributed by atoms with Gasteiger partial charge in [-0.15, -0.1) is 0 Å². The Labute approximate surface area is 154 Å². The van der Waals surface area contributed by atoms with Crippen molar-refractivity contribution >= 4 is 21.9 Å². The van der Waals surface area contributed by atoms with E-state index in [-0.39, 0.29) is 41.4 Å². The van der Waals surface area contributed by atoms with Gasteiger partial charge in [0.25, 0.3) is 0 Å². The van der Waals surface area contributed by atoms with Crippen molar-refractivity contribution in [2.45, 2.75) is 50.5 Å². The van der Waals surface area contributed by atoms with E-state index in [1.807, 2.05) is 13.8 Å². The van der Waals surface area contributed by atoms with Crippen LogP contribution in [0.5, 0.6) is 0 Å². The van der Waals surface area contributed by atoms with Gasteiger partial charge in [-0.2, -0.15) is 4.31 Å². The minimum absolute atomic E-state index is 0.0262. The van der Waals surface area contributed by atoms with Gasteiger partial charge in [0.05, 0.1) is 10.5 Å². The van der Waals surface area contributed by atoms with Crippen LogP contribution >= 0.6 is 0 Å². The lowest BCUT2D eigenvalue weighted by Gasteiger charge is -2.31. The van der Waals surface area contributed by atoms with E-state index in [2.05, 4.69) is 5.32 Å². The summed E-state index contributed by atoms with van der Waals surface area (Å²) in [6, 6.07) is 5.74. The maximum Gasteiger partial charge on any atom is 0.337 e. The number of rotatable bonds is 7. The normalized spacial score (nSPS) is 16.6. The quantitative estimate of drug-likeness (QED) is 0.751. The van der Waals surface area contributed by atoms with Crippen LogP contribution < -0.4 is 5.32 Å². The molecule has 0 atom stereocenters. The number of aromatic carboxylic acids is 1. The fourth-order valence-corrected chi connectivity index (χ4v) is 4.83. The number of amides is 1. The van der Waals surface area contributed by atoms with Crippen LogP contribution in [-0.2, 0) is 14.8 Å². The van der Waals surface area contributed by atoms with Crippen molar-refractivity contribution in [2.75, 3.05) is 13.1 Å². The number of benzene rings is 1. The predicted molar refractivity (Wildman–Crippen MR) is 97.4 cm³/mol. The molecule has 26 heavy (non-hydrogen) atoms. The Hall–Kier alpha value is -1.93. The summed E-state index contributed by atoms with van der Waals surface area (Å²) in [5.74, 6) is -1.51. The van der Waals surface area contributed by atoms with Crippen LogP contribution in [-0.4, -0.2) is 48.8 Å². The van der Waals surface area contributed by atoms with E-state index in [1.54, 1.807) is 0 Å². The molecule has 2 rings (SSSR count). The lowest BCUT2D eigenvalue weighted by molar-refractivity contribution is -0.126. The Kier molecular flexibility index (Phi) is 6.77. The average Bonchev–Trinajstić information content (AvgIpc) is 2.65. The number of nitrogens with one attached hydrogen (secondary N) is 1. The molecule has 7 nitrogen and oxygen atoms in total. The van der Waals surface area contributed by atoms with E-state index in [4.69, 9.17) is 0 Å². The third-order valence-electron chi connectivity index (χ3n) is 4.89. The minimum atomic E-state index is -3.90. The predicted octanol–water partition coefficient (Wildman–Crippen LogP) is 2.09. The number of carboxylic acid groups (broad SMARTS) is 1. The molecule has 1 amide bonds. The fourth-order valence-electron chi connectivity index (χ4n) is 3.18. The highest BCUT2D eigenvalue weighted by molar-refractivity contribution is 7.89. The van der Waals surface area contributed by atoms with Gasteiger partial charge in [0.1, 0.15) is 0 Å². The highest BCUT2D eigenvalue weighted by Gasteiger charge is 2.34. The Morgan fingerprint density at radius 1 is 1.19 bits per heavy atom. The van der Waals surface area contributed by atoms with Crippen molar-refractivity contribution in [2.24, 2.45) is 5.92 Å². The smallest absolute Gasteiger partial charge is 0.337 e. The number of carbonyl (C=O) groups excluding carboxylic acids is 1. The molecule has 1 saturated heterocycles. The molecular weight excluding hydrogens is 356 g/mol. The van der Waals surface area contributed by atoms with Gasteiger partial charge >= 0.3 is 5.97 Å². The number of carboxylic acids is 1. The van der Waals surface area contributed by atoms with Crippen molar-refractivity contribution < 1.29 is 23.1 Å². The molecule has 0 unspecified atom stereocenters. The van der Waals surface area contributed by atoms with E-state index in [0.29, 0.717) is 12.8 Å². The second kappa shape index (κ2) is 8.64. The van der Waals surface area contributed by atoms with Crippen molar-refractivity contribution in [3.05, 3.63) is 29.8 Å². The van der Waals surface area contributed by atoms with Crippen LogP contribution in [0.4, 0.5) is 0 Å². The topological polar surface area (TPSA) is 104 Å². The first-order valence-corrected chi connectivity index (χ1v) is 10.4. The molecule has 1 heterocycles. The van der Waals surface area contributed by atoms with Crippen molar-refractivity contribution in [1.29, 1.82) is 0 Å². The maximum absolute atomic E-state index is 12.8. The first-order chi connectivity index (χ1) is 12.3. The second-order valence-corrected chi connectivity index (χ2v) is 8.41. The molecule has 0 spiro atoms. The summed E-state index contributed by atoms with van der Waals surface area (Å²) in [4.78, 5) is 23.5. The van der Waals surface area contributed by atoms with Gasteiger partial charge in [0.2, 0.25) is 15.9 Å². The van der Waals surface area contributed by atoms with E-state index < -0.39 is 16.0 Å². The molecule has 0 aliphatic carbocycles. The molecular formula is C18H26N2O5S. The third-order valence-corrected chi connectivity index (χ3v) is 6.85. The van der Waals surface area contributed by atoms with E-state index >= 15 is 0 Å². The molecule has 1 aliphatic rings. The van der Waals surface area contributed by atoms with Gasteiger partial charge in [0, 0.05) is 25.0 Å². The SMILES string of the molecule is CCC(CC)NC(=O)C1CCN(S(=O)(=O)c2ccccc2C(=O)O)CC1. The van der Waals surface area contributed by atoms with Gasteiger partial charge in [-0.3, -0.25) is 4.79 Å². The van der Waals surface area contributed by atoms with E-state index in [9.17, 15) is 23.1 Å². The molecule has 144 valence electrons. The summed E-state index contributed by atoms with van der Waals surface area (Å²) in [6.07, 6.45) is 2.59. The molecule has 0 bridgehead atoms. The van der Waals surface area contributed by atoms with Gasteiger partial charge in [0.15, 0.2) is 0 Å². The summed E-state index contributed by atoms with van der Waals surface area (Å²) in [6.45, 7) is 4.45. The zero-order valence-corrected chi connectivity index (χ0v) is 16.0. The zero-order valence-electron chi connectivity index (χ0n) is 15.1. The van der Waals surface area contributed by atoms with Gasteiger partial charge in [-0.25, -0.2) is 13.2 Å². The van der Waals surface area contributed by atoms with Crippen molar-refractivity contribution in [3.8, 4) is 0 Å². The van der Waals surface area contributed by atoms with Crippen LogP contribution in [0.1, 0.15) is 49.9 Å². The summed E-state index contributed by atoms with van der Waals surface area (Å²) >= 11 is 0. The van der Waals surface area contributed by atoms with E-state index in [1.165, 1.54) is 28.6 Å². The summed E-state index contributed by atoms with van der Waals surface area (Å²) in [5.41, 5.74) is -0.235. The molecule has 0 radical (unpaired) electrons. The molecule has 1 aromatic rings.